The van der Waals surface area contributed by atoms with E-state index >= 15 is 0 Å². The first kappa shape index (κ1) is 18.7. The first-order chi connectivity index (χ1) is 12.2. The summed E-state index contributed by atoms with van der Waals surface area (Å²) in [6.07, 6.45) is 6.84. The summed E-state index contributed by atoms with van der Waals surface area (Å²) in [4.78, 5) is 2.42. The first-order valence-electron chi connectivity index (χ1n) is 9.98. The van der Waals surface area contributed by atoms with E-state index in [0.717, 1.165) is 63.4 Å². The molecule has 1 atom stereocenters. The molecule has 2 aliphatic rings. The smallest absolute Gasteiger partial charge is 0.119 e. The molecule has 1 N–H and O–H groups in total. The van der Waals surface area contributed by atoms with Gasteiger partial charge in [0.25, 0.3) is 0 Å². The van der Waals surface area contributed by atoms with Crippen LogP contribution in [0.15, 0.2) is 24.3 Å². The molecule has 1 saturated heterocycles. The molecule has 2 fully saturated rings. The number of ether oxygens (including phenoxy) is 2. The highest BCUT2D eigenvalue weighted by Gasteiger charge is 2.39. The van der Waals surface area contributed by atoms with Gasteiger partial charge in [-0.1, -0.05) is 31.4 Å². The van der Waals surface area contributed by atoms with Crippen molar-refractivity contribution in [2.24, 2.45) is 5.92 Å². The van der Waals surface area contributed by atoms with Crippen LogP contribution in [0.25, 0.3) is 0 Å². The van der Waals surface area contributed by atoms with Gasteiger partial charge in [0.2, 0.25) is 0 Å². The van der Waals surface area contributed by atoms with Gasteiger partial charge in [0, 0.05) is 19.6 Å². The van der Waals surface area contributed by atoms with Crippen LogP contribution in [0.5, 0.6) is 5.75 Å². The van der Waals surface area contributed by atoms with E-state index in [1.807, 2.05) is 19.1 Å². The molecule has 0 aromatic heterocycles. The third-order valence-corrected chi connectivity index (χ3v) is 5.86. The van der Waals surface area contributed by atoms with Gasteiger partial charge < -0.3 is 14.6 Å². The fourth-order valence-electron chi connectivity index (χ4n) is 4.32. The van der Waals surface area contributed by atoms with Gasteiger partial charge in [-0.2, -0.15) is 0 Å². The van der Waals surface area contributed by atoms with Crippen molar-refractivity contribution >= 4 is 0 Å². The Hall–Kier alpha value is -1.10. The Labute approximate surface area is 152 Å². The molecule has 0 amide bonds. The largest absolute Gasteiger partial charge is 0.494 e. The molecule has 1 aromatic carbocycles. The lowest BCUT2D eigenvalue weighted by atomic mass is 9.71. The van der Waals surface area contributed by atoms with Crippen molar-refractivity contribution in [3.8, 4) is 5.75 Å². The Morgan fingerprint density at radius 1 is 1.12 bits per heavy atom. The molecular weight excluding hydrogens is 314 g/mol. The van der Waals surface area contributed by atoms with Crippen LogP contribution in [0.1, 0.15) is 51.0 Å². The van der Waals surface area contributed by atoms with Crippen molar-refractivity contribution in [2.45, 2.75) is 51.0 Å². The molecule has 25 heavy (non-hydrogen) atoms. The highest BCUT2D eigenvalue weighted by molar-refractivity contribution is 5.31. The summed E-state index contributed by atoms with van der Waals surface area (Å²) in [5, 5.41) is 11.8. The van der Waals surface area contributed by atoms with Gasteiger partial charge in [-0.3, -0.25) is 4.90 Å². The van der Waals surface area contributed by atoms with Gasteiger partial charge in [-0.25, -0.2) is 0 Å². The fourth-order valence-corrected chi connectivity index (χ4v) is 4.32. The van der Waals surface area contributed by atoms with Crippen LogP contribution in [0.2, 0.25) is 0 Å². The molecule has 1 aromatic rings. The van der Waals surface area contributed by atoms with Crippen LogP contribution >= 0.6 is 0 Å². The molecule has 1 aliphatic heterocycles. The summed E-state index contributed by atoms with van der Waals surface area (Å²) in [5.74, 6) is 1.24. The average Bonchev–Trinajstić information content (AvgIpc) is 2.68. The lowest BCUT2D eigenvalue weighted by Gasteiger charge is -2.40. The third-order valence-electron chi connectivity index (χ3n) is 5.86. The standard InChI is InChI=1S/C21H33NO3/c1-2-25-20-10-8-19(9-11-20)21(23,18-6-4-3-5-7-18)12-13-22-14-16-24-17-15-22/h8-11,18,23H,2-7,12-17H2,1H3/t21-/m1/s1. The maximum atomic E-state index is 11.8. The highest BCUT2D eigenvalue weighted by atomic mass is 16.5. The maximum Gasteiger partial charge on any atom is 0.119 e. The van der Waals surface area contributed by atoms with E-state index in [-0.39, 0.29) is 0 Å². The van der Waals surface area contributed by atoms with E-state index in [1.54, 1.807) is 0 Å². The van der Waals surface area contributed by atoms with Gasteiger partial charge in [0.15, 0.2) is 0 Å². The minimum absolute atomic E-state index is 0.361. The molecule has 0 radical (unpaired) electrons. The molecular formula is C21H33NO3. The third kappa shape index (κ3) is 4.75. The van der Waals surface area contributed by atoms with E-state index in [1.165, 1.54) is 19.3 Å². The van der Waals surface area contributed by atoms with Crippen molar-refractivity contribution in [3.63, 3.8) is 0 Å². The fraction of sp³-hybridized carbons (Fsp3) is 0.714. The summed E-state index contributed by atoms with van der Waals surface area (Å²) >= 11 is 0. The van der Waals surface area contributed by atoms with Crippen LogP contribution in [0.4, 0.5) is 0 Å². The number of nitrogens with zero attached hydrogens (tertiary/aromatic N) is 1. The topological polar surface area (TPSA) is 41.9 Å². The van der Waals surface area contributed by atoms with E-state index in [4.69, 9.17) is 9.47 Å². The van der Waals surface area contributed by atoms with Crippen molar-refractivity contribution in [1.29, 1.82) is 0 Å². The maximum absolute atomic E-state index is 11.8. The van der Waals surface area contributed by atoms with E-state index < -0.39 is 5.60 Å². The Morgan fingerprint density at radius 3 is 2.44 bits per heavy atom. The average molecular weight is 347 g/mol. The first-order valence-corrected chi connectivity index (χ1v) is 9.98. The Bertz CT molecular complexity index is 506. The van der Waals surface area contributed by atoms with Crippen LogP contribution in [0.3, 0.4) is 0 Å². The van der Waals surface area contributed by atoms with Crippen molar-refractivity contribution in [1.82, 2.24) is 4.90 Å². The van der Waals surface area contributed by atoms with Crippen LogP contribution in [-0.4, -0.2) is 49.5 Å². The van der Waals surface area contributed by atoms with Crippen molar-refractivity contribution in [3.05, 3.63) is 29.8 Å². The summed E-state index contributed by atoms with van der Waals surface area (Å²) in [5.41, 5.74) is 0.319. The molecule has 4 heteroatoms. The number of benzene rings is 1. The van der Waals surface area contributed by atoms with Crippen molar-refractivity contribution < 1.29 is 14.6 Å². The summed E-state index contributed by atoms with van der Waals surface area (Å²) in [6.45, 7) is 7.17. The molecule has 1 saturated carbocycles. The minimum Gasteiger partial charge on any atom is -0.494 e. The zero-order chi connectivity index (χ0) is 17.5. The molecule has 0 bridgehead atoms. The second kappa shape index (κ2) is 9.02. The monoisotopic (exact) mass is 347 g/mol. The van der Waals surface area contributed by atoms with Gasteiger partial charge in [0.1, 0.15) is 5.75 Å². The van der Waals surface area contributed by atoms with Gasteiger partial charge in [-0.15, -0.1) is 0 Å². The predicted molar refractivity (Wildman–Crippen MR) is 100.0 cm³/mol. The number of hydrogen-bond donors (Lipinski definition) is 1. The second-order valence-corrected chi connectivity index (χ2v) is 7.42. The number of morpholine rings is 1. The quantitative estimate of drug-likeness (QED) is 0.819. The second-order valence-electron chi connectivity index (χ2n) is 7.42. The van der Waals surface area contributed by atoms with Gasteiger partial charge >= 0.3 is 0 Å². The number of rotatable bonds is 7. The van der Waals surface area contributed by atoms with E-state index in [2.05, 4.69) is 17.0 Å². The molecule has 0 spiro atoms. The van der Waals surface area contributed by atoms with Crippen molar-refractivity contribution in [2.75, 3.05) is 39.5 Å². The summed E-state index contributed by atoms with van der Waals surface area (Å²) < 4.78 is 11.0. The Kier molecular flexibility index (Phi) is 6.74. The number of aliphatic hydroxyl groups is 1. The Morgan fingerprint density at radius 2 is 1.80 bits per heavy atom. The van der Waals surface area contributed by atoms with Gasteiger partial charge in [-0.05, 0) is 49.8 Å². The molecule has 0 unspecified atom stereocenters. The molecule has 4 nitrogen and oxygen atoms in total. The molecule has 140 valence electrons. The SMILES string of the molecule is CCOc1ccc([C@@](O)(CCN2CCOCC2)C2CCCCC2)cc1. The zero-order valence-corrected chi connectivity index (χ0v) is 15.6. The predicted octanol–water partition coefficient (Wildman–Crippen LogP) is 3.58. The lowest BCUT2D eigenvalue weighted by molar-refractivity contribution is -0.0581. The molecule has 3 rings (SSSR count). The van der Waals surface area contributed by atoms with Crippen LogP contribution in [0, 0.1) is 5.92 Å². The normalized spacial score (nSPS) is 22.5. The zero-order valence-electron chi connectivity index (χ0n) is 15.6. The summed E-state index contributed by atoms with van der Waals surface area (Å²) in [6, 6.07) is 8.14. The van der Waals surface area contributed by atoms with Gasteiger partial charge in [0.05, 0.1) is 25.4 Å². The summed E-state index contributed by atoms with van der Waals surface area (Å²) in [7, 11) is 0. The van der Waals surface area contributed by atoms with Crippen LogP contribution in [-0.2, 0) is 10.3 Å². The number of hydrogen-bond acceptors (Lipinski definition) is 4. The van der Waals surface area contributed by atoms with E-state index in [0.29, 0.717) is 12.5 Å². The Balaban J connectivity index is 1.74. The molecule has 1 aliphatic carbocycles. The lowest BCUT2D eigenvalue weighted by Crippen LogP contribution is -2.43. The van der Waals surface area contributed by atoms with E-state index in [9.17, 15) is 5.11 Å². The highest BCUT2D eigenvalue weighted by Crippen LogP contribution is 2.42. The minimum atomic E-state index is -0.733. The molecule has 1 heterocycles. The van der Waals surface area contributed by atoms with Crippen LogP contribution < -0.4 is 4.74 Å².